The maximum absolute atomic E-state index is 12.2. The van der Waals surface area contributed by atoms with Gasteiger partial charge >= 0.3 is 6.61 Å². The first-order chi connectivity index (χ1) is 11.0. The van der Waals surface area contributed by atoms with Crippen molar-refractivity contribution in [3.8, 4) is 5.75 Å². The highest BCUT2D eigenvalue weighted by atomic mass is 32.2. The number of aliphatic hydroxyl groups is 1. The van der Waals surface area contributed by atoms with Gasteiger partial charge in [0, 0.05) is 11.8 Å². The number of hydrogen-bond donors (Lipinski definition) is 1. The molecule has 1 atom stereocenters. The molecule has 1 N–H and O–H groups in total. The number of aliphatic hydroxyl groups excluding tert-OH is 1. The smallest absolute Gasteiger partial charge is 0.387 e. The van der Waals surface area contributed by atoms with E-state index in [4.69, 9.17) is 0 Å². The van der Waals surface area contributed by atoms with Crippen LogP contribution < -0.4 is 4.74 Å². The van der Waals surface area contributed by atoms with Gasteiger partial charge in [-0.3, -0.25) is 0 Å². The molecule has 2 aromatic rings. The van der Waals surface area contributed by atoms with E-state index in [1.165, 1.54) is 23.9 Å². The van der Waals surface area contributed by atoms with E-state index in [1.54, 1.807) is 12.1 Å². The van der Waals surface area contributed by atoms with E-state index in [1.807, 2.05) is 18.4 Å². The summed E-state index contributed by atoms with van der Waals surface area (Å²) < 4.78 is 30.6. The molecule has 0 radical (unpaired) electrons. The fourth-order valence-corrected chi connectivity index (χ4v) is 3.14. The lowest BCUT2D eigenvalue weighted by atomic mass is 10.2. The number of hydrogen-bond acceptors (Lipinski definition) is 5. The van der Waals surface area contributed by atoms with Crippen LogP contribution in [0.5, 0.6) is 5.75 Å². The summed E-state index contributed by atoms with van der Waals surface area (Å²) >= 11 is 1.51. The lowest BCUT2D eigenvalue weighted by Crippen LogP contribution is -2.05. The molecule has 1 heterocycles. The van der Waals surface area contributed by atoms with Gasteiger partial charge in [0.25, 0.3) is 0 Å². The molecule has 0 aliphatic heterocycles. The van der Waals surface area contributed by atoms with Crippen molar-refractivity contribution in [3.63, 3.8) is 0 Å². The topological polar surface area (TPSA) is 60.2 Å². The van der Waals surface area contributed by atoms with E-state index in [2.05, 4.69) is 14.9 Å². The molecule has 0 fully saturated rings. The first-order valence-electron chi connectivity index (χ1n) is 7.29. The van der Waals surface area contributed by atoms with Crippen LogP contribution in [0.4, 0.5) is 8.78 Å². The van der Waals surface area contributed by atoms with E-state index < -0.39 is 6.61 Å². The van der Waals surface area contributed by atoms with Gasteiger partial charge in [-0.1, -0.05) is 30.8 Å². The summed E-state index contributed by atoms with van der Waals surface area (Å²) in [7, 11) is 0. The predicted octanol–water partition coefficient (Wildman–Crippen LogP) is 3.64. The highest BCUT2D eigenvalue weighted by Crippen LogP contribution is 2.34. The number of aromatic nitrogens is 3. The summed E-state index contributed by atoms with van der Waals surface area (Å²) in [5.74, 6) is 0.680. The Morgan fingerprint density at radius 1 is 1.26 bits per heavy atom. The van der Waals surface area contributed by atoms with E-state index in [0.29, 0.717) is 5.82 Å². The summed E-state index contributed by atoms with van der Waals surface area (Å²) in [5, 5.41) is 18.2. The van der Waals surface area contributed by atoms with Gasteiger partial charge in [0.05, 0.1) is 0 Å². The Hall–Kier alpha value is -1.67. The third kappa shape index (κ3) is 4.65. The monoisotopic (exact) mass is 343 g/mol. The molecule has 0 saturated carbocycles. The number of benzene rings is 1. The van der Waals surface area contributed by atoms with Crippen molar-refractivity contribution >= 4 is 11.8 Å². The standard InChI is InChI=1S/C15H19F2N3O2S/c1-3-8-20-13(9-21)18-19-15(20)23-10(2)11-4-6-12(7-5-11)22-14(16)17/h4-7,10,14,21H,3,8-9H2,1-2H3. The van der Waals surface area contributed by atoms with Crippen molar-refractivity contribution in [2.24, 2.45) is 0 Å². The summed E-state index contributed by atoms with van der Waals surface area (Å²) in [6, 6.07) is 6.55. The van der Waals surface area contributed by atoms with Crippen LogP contribution >= 0.6 is 11.8 Å². The molecular weight excluding hydrogens is 324 g/mol. The third-order valence-electron chi connectivity index (χ3n) is 3.24. The zero-order valence-corrected chi connectivity index (χ0v) is 13.8. The number of alkyl halides is 2. The van der Waals surface area contributed by atoms with E-state index in [9.17, 15) is 13.9 Å². The van der Waals surface area contributed by atoms with Gasteiger partial charge in [-0.25, -0.2) is 0 Å². The molecule has 0 aliphatic carbocycles. The Kier molecular flexibility index (Phi) is 6.35. The lowest BCUT2D eigenvalue weighted by Gasteiger charge is -2.13. The molecule has 23 heavy (non-hydrogen) atoms. The fourth-order valence-electron chi connectivity index (χ4n) is 2.12. The summed E-state index contributed by atoms with van der Waals surface area (Å²) in [5.41, 5.74) is 0.966. The second kappa shape index (κ2) is 8.26. The Morgan fingerprint density at radius 3 is 2.52 bits per heavy atom. The number of rotatable bonds is 8. The van der Waals surface area contributed by atoms with Crippen molar-refractivity contribution in [1.82, 2.24) is 14.8 Å². The van der Waals surface area contributed by atoms with Gasteiger partial charge < -0.3 is 14.4 Å². The maximum atomic E-state index is 12.2. The van der Waals surface area contributed by atoms with Gasteiger partial charge in [-0.15, -0.1) is 10.2 Å². The van der Waals surface area contributed by atoms with Crippen molar-refractivity contribution in [3.05, 3.63) is 35.7 Å². The van der Waals surface area contributed by atoms with Gasteiger partial charge in [0.2, 0.25) is 0 Å². The van der Waals surface area contributed by atoms with E-state index >= 15 is 0 Å². The molecule has 5 nitrogen and oxygen atoms in total. The summed E-state index contributed by atoms with van der Waals surface area (Å²) in [6.45, 7) is 1.80. The van der Waals surface area contributed by atoms with Crippen molar-refractivity contribution in [2.45, 2.75) is 50.4 Å². The minimum atomic E-state index is -2.82. The van der Waals surface area contributed by atoms with Crippen LogP contribution in [-0.4, -0.2) is 26.5 Å². The Morgan fingerprint density at radius 2 is 1.96 bits per heavy atom. The minimum Gasteiger partial charge on any atom is -0.435 e. The highest BCUT2D eigenvalue weighted by molar-refractivity contribution is 7.99. The van der Waals surface area contributed by atoms with Crippen molar-refractivity contribution in [1.29, 1.82) is 0 Å². The SMILES string of the molecule is CCCn1c(CO)nnc1SC(C)c1ccc(OC(F)F)cc1. The van der Waals surface area contributed by atoms with Gasteiger partial charge in [0.1, 0.15) is 12.4 Å². The van der Waals surface area contributed by atoms with Crippen LogP contribution in [0.15, 0.2) is 29.4 Å². The Balaban J connectivity index is 2.09. The maximum Gasteiger partial charge on any atom is 0.387 e. The molecule has 0 spiro atoms. The van der Waals surface area contributed by atoms with Crippen LogP contribution in [-0.2, 0) is 13.2 Å². The summed E-state index contributed by atoms with van der Waals surface area (Å²) in [4.78, 5) is 0. The van der Waals surface area contributed by atoms with Crippen LogP contribution in [0, 0.1) is 0 Å². The quantitative estimate of drug-likeness (QED) is 0.742. The minimum absolute atomic E-state index is 0.0574. The number of nitrogens with zero attached hydrogens (tertiary/aromatic N) is 3. The fraction of sp³-hybridized carbons (Fsp3) is 0.467. The first-order valence-corrected chi connectivity index (χ1v) is 8.17. The lowest BCUT2D eigenvalue weighted by molar-refractivity contribution is -0.0498. The molecule has 1 aromatic heterocycles. The summed E-state index contributed by atoms with van der Waals surface area (Å²) in [6.07, 6.45) is 0.909. The van der Waals surface area contributed by atoms with Gasteiger partial charge in [-0.2, -0.15) is 8.78 Å². The molecule has 2 rings (SSSR count). The molecule has 0 amide bonds. The third-order valence-corrected chi connectivity index (χ3v) is 4.38. The molecule has 0 aliphatic rings. The van der Waals surface area contributed by atoms with Crippen LogP contribution in [0.2, 0.25) is 0 Å². The Bertz CT molecular complexity index is 620. The first kappa shape index (κ1) is 17.7. The second-order valence-corrected chi connectivity index (χ2v) is 6.22. The number of halogens is 2. The van der Waals surface area contributed by atoms with Crippen LogP contribution in [0.1, 0.15) is 36.9 Å². The normalized spacial score (nSPS) is 12.6. The molecule has 1 aromatic carbocycles. The van der Waals surface area contributed by atoms with Gasteiger partial charge in [0.15, 0.2) is 11.0 Å². The average molecular weight is 343 g/mol. The molecule has 0 saturated heterocycles. The van der Waals surface area contributed by atoms with Crippen molar-refractivity contribution in [2.75, 3.05) is 0 Å². The second-order valence-electron chi connectivity index (χ2n) is 4.92. The molecule has 8 heteroatoms. The van der Waals surface area contributed by atoms with E-state index in [0.717, 1.165) is 23.7 Å². The average Bonchev–Trinajstić information content (AvgIpc) is 2.90. The van der Waals surface area contributed by atoms with E-state index in [-0.39, 0.29) is 17.6 Å². The molecule has 0 bridgehead atoms. The molecular formula is C15H19F2N3O2S. The zero-order chi connectivity index (χ0) is 16.8. The predicted molar refractivity (Wildman–Crippen MR) is 83.6 cm³/mol. The van der Waals surface area contributed by atoms with Crippen LogP contribution in [0.25, 0.3) is 0 Å². The molecule has 126 valence electrons. The number of ether oxygens (including phenoxy) is 1. The van der Waals surface area contributed by atoms with Gasteiger partial charge in [-0.05, 0) is 31.0 Å². The number of thioether (sulfide) groups is 1. The largest absolute Gasteiger partial charge is 0.435 e. The van der Waals surface area contributed by atoms with Crippen LogP contribution in [0.3, 0.4) is 0 Å². The zero-order valence-electron chi connectivity index (χ0n) is 12.9. The highest BCUT2D eigenvalue weighted by Gasteiger charge is 2.16. The van der Waals surface area contributed by atoms with Crippen molar-refractivity contribution < 1.29 is 18.6 Å². The molecule has 1 unspecified atom stereocenters. The Labute approximate surface area is 137 Å².